The van der Waals surface area contributed by atoms with Crippen molar-refractivity contribution in [3.63, 3.8) is 0 Å². The Morgan fingerprint density at radius 3 is 2.52 bits per heavy atom. The first kappa shape index (κ1) is 23.6. The van der Waals surface area contributed by atoms with Gasteiger partial charge in [0.05, 0.1) is 23.5 Å². The summed E-state index contributed by atoms with van der Waals surface area (Å²) in [5.41, 5.74) is 7.95. The first-order valence-electron chi connectivity index (χ1n) is 9.59. The van der Waals surface area contributed by atoms with Gasteiger partial charge in [-0.2, -0.15) is 0 Å². The zero-order valence-electron chi connectivity index (χ0n) is 16.7. The minimum absolute atomic E-state index is 0. The third-order valence-corrected chi connectivity index (χ3v) is 5.17. The number of guanidine groups is 1. The molecule has 0 radical (unpaired) electrons. The largest absolute Gasteiger partial charge is 0.495 e. The van der Waals surface area contributed by atoms with E-state index < -0.39 is 0 Å². The molecule has 0 atom stereocenters. The van der Waals surface area contributed by atoms with Crippen molar-refractivity contribution < 1.29 is 4.74 Å². The molecule has 0 unspecified atom stereocenters. The monoisotopic (exact) mass is 529 g/mol. The topological polar surface area (TPSA) is 66.1 Å². The van der Waals surface area contributed by atoms with Crippen LogP contribution in [-0.4, -0.2) is 57.2 Å². The number of anilines is 2. The van der Waals surface area contributed by atoms with Gasteiger partial charge in [-0.1, -0.05) is 35.9 Å². The van der Waals surface area contributed by atoms with Crippen molar-refractivity contribution in [3.05, 3.63) is 53.6 Å². The van der Waals surface area contributed by atoms with Crippen LogP contribution in [0.3, 0.4) is 0 Å². The van der Waals surface area contributed by atoms with Crippen LogP contribution in [0.1, 0.15) is 6.42 Å². The fraction of sp³-hybridized carbons (Fsp3) is 0.381. The smallest absolute Gasteiger partial charge is 0.193 e. The van der Waals surface area contributed by atoms with Crippen LogP contribution in [0.5, 0.6) is 5.75 Å². The minimum Gasteiger partial charge on any atom is -0.495 e. The summed E-state index contributed by atoms with van der Waals surface area (Å²) in [5, 5.41) is 3.92. The summed E-state index contributed by atoms with van der Waals surface area (Å²) in [6.07, 6.45) is 0.973. The number of aliphatic imine (C=N–C) groups is 1. The predicted octanol–water partition coefficient (Wildman–Crippen LogP) is 3.91. The fourth-order valence-electron chi connectivity index (χ4n) is 3.34. The molecule has 0 spiro atoms. The van der Waals surface area contributed by atoms with Gasteiger partial charge in [0.15, 0.2) is 5.96 Å². The van der Waals surface area contributed by atoms with E-state index in [1.165, 1.54) is 0 Å². The number of nitrogens with one attached hydrogen (secondary N) is 1. The molecule has 1 aliphatic heterocycles. The van der Waals surface area contributed by atoms with Gasteiger partial charge in [0, 0.05) is 39.3 Å². The summed E-state index contributed by atoms with van der Waals surface area (Å²) in [7, 11) is 1.64. The molecule has 3 N–H and O–H groups in total. The van der Waals surface area contributed by atoms with E-state index in [-0.39, 0.29) is 24.0 Å². The maximum Gasteiger partial charge on any atom is 0.193 e. The van der Waals surface area contributed by atoms with E-state index in [2.05, 4.69) is 26.2 Å². The van der Waals surface area contributed by atoms with Crippen molar-refractivity contribution in [2.75, 3.05) is 56.6 Å². The van der Waals surface area contributed by atoms with E-state index in [9.17, 15) is 0 Å². The molecule has 1 aliphatic rings. The van der Waals surface area contributed by atoms with Gasteiger partial charge in [-0.05, 0) is 30.7 Å². The lowest BCUT2D eigenvalue weighted by Gasteiger charge is -2.36. The van der Waals surface area contributed by atoms with Crippen molar-refractivity contribution in [2.24, 2.45) is 10.7 Å². The Morgan fingerprint density at radius 2 is 1.79 bits per heavy atom. The molecule has 0 saturated carbocycles. The molecule has 2 aromatic rings. The zero-order chi connectivity index (χ0) is 19.8. The summed E-state index contributed by atoms with van der Waals surface area (Å²) >= 11 is 6.31. The van der Waals surface area contributed by atoms with E-state index in [0.717, 1.165) is 61.3 Å². The normalized spacial score (nSPS) is 15.0. The number of halogens is 2. The fourth-order valence-corrected chi connectivity index (χ4v) is 3.60. The van der Waals surface area contributed by atoms with E-state index >= 15 is 0 Å². The van der Waals surface area contributed by atoms with Crippen molar-refractivity contribution in [2.45, 2.75) is 6.42 Å². The van der Waals surface area contributed by atoms with Gasteiger partial charge in [0.25, 0.3) is 0 Å². The molecule has 1 saturated heterocycles. The second-order valence-electron chi connectivity index (χ2n) is 6.73. The Balaban J connectivity index is 0.00000300. The van der Waals surface area contributed by atoms with Crippen molar-refractivity contribution >= 4 is 52.9 Å². The number of hydrogen-bond donors (Lipinski definition) is 2. The lowest BCUT2D eigenvalue weighted by atomic mass is 10.2. The molecule has 3 rings (SSSR count). The molecular formula is C21H29ClIN5O. The predicted molar refractivity (Wildman–Crippen MR) is 133 cm³/mol. The number of rotatable bonds is 7. The molecule has 8 heteroatoms. The average Bonchev–Trinajstić information content (AvgIpc) is 2.72. The molecule has 0 amide bonds. The Hall–Kier alpha value is -1.71. The highest BCUT2D eigenvalue weighted by Gasteiger charge is 2.18. The number of para-hydroxylation sites is 3. The summed E-state index contributed by atoms with van der Waals surface area (Å²) in [6.45, 7) is 5.75. The number of benzene rings is 2. The van der Waals surface area contributed by atoms with Crippen molar-refractivity contribution in [1.82, 2.24) is 4.90 Å². The number of ether oxygens (including phenoxy) is 1. The first-order valence-corrected chi connectivity index (χ1v) is 9.97. The van der Waals surface area contributed by atoms with E-state index in [0.29, 0.717) is 12.5 Å². The molecule has 0 aliphatic carbocycles. The minimum atomic E-state index is 0. The lowest BCUT2D eigenvalue weighted by molar-refractivity contribution is 0.256. The van der Waals surface area contributed by atoms with Gasteiger partial charge in [-0.15, -0.1) is 24.0 Å². The van der Waals surface area contributed by atoms with Gasteiger partial charge < -0.3 is 20.7 Å². The molecule has 0 bridgehead atoms. The number of piperazine rings is 1. The second-order valence-corrected chi connectivity index (χ2v) is 7.13. The number of nitrogens with two attached hydrogens (primary N) is 1. The van der Waals surface area contributed by atoms with E-state index in [1.54, 1.807) is 7.11 Å². The third kappa shape index (κ3) is 6.94. The van der Waals surface area contributed by atoms with Crippen LogP contribution in [0, 0.1) is 0 Å². The van der Waals surface area contributed by atoms with Crippen LogP contribution in [0.2, 0.25) is 5.02 Å². The van der Waals surface area contributed by atoms with Gasteiger partial charge in [-0.25, -0.2) is 0 Å². The zero-order valence-corrected chi connectivity index (χ0v) is 19.8. The van der Waals surface area contributed by atoms with Gasteiger partial charge in [-0.3, -0.25) is 9.89 Å². The molecule has 1 fully saturated rings. The van der Waals surface area contributed by atoms with Gasteiger partial charge in [0.1, 0.15) is 5.75 Å². The quantitative estimate of drug-likeness (QED) is 0.246. The summed E-state index contributed by atoms with van der Waals surface area (Å²) < 4.78 is 5.31. The highest BCUT2D eigenvalue weighted by Crippen LogP contribution is 2.26. The van der Waals surface area contributed by atoms with Crippen LogP contribution in [0.25, 0.3) is 0 Å². The van der Waals surface area contributed by atoms with Crippen LogP contribution in [0.4, 0.5) is 11.4 Å². The Kier molecular flexibility index (Phi) is 9.83. The maximum absolute atomic E-state index is 6.31. The molecular weight excluding hydrogens is 501 g/mol. The SMILES string of the molecule is COc1ccccc1NC(N)=NCCCN1CCN(c2ccccc2Cl)CC1.I. The number of methoxy groups -OCH3 is 1. The maximum atomic E-state index is 6.31. The molecule has 29 heavy (non-hydrogen) atoms. The Labute approximate surface area is 195 Å². The second kappa shape index (κ2) is 12.1. The van der Waals surface area contributed by atoms with Crippen molar-refractivity contribution in [3.8, 4) is 5.75 Å². The van der Waals surface area contributed by atoms with Gasteiger partial charge in [0.2, 0.25) is 0 Å². The van der Waals surface area contributed by atoms with Crippen LogP contribution in [0.15, 0.2) is 53.5 Å². The summed E-state index contributed by atoms with van der Waals surface area (Å²) in [6, 6.07) is 15.7. The molecule has 1 heterocycles. The molecule has 6 nitrogen and oxygen atoms in total. The highest BCUT2D eigenvalue weighted by atomic mass is 127. The summed E-state index contributed by atoms with van der Waals surface area (Å²) in [5.74, 6) is 1.16. The third-order valence-electron chi connectivity index (χ3n) is 4.85. The Morgan fingerprint density at radius 1 is 1.10 bits per heavy atom. The average molecular weight is 530 g/mol. The Bertz CT molecular complexity index is 796. The van der Waals surface area contributed by atoms with Crippen LogP contribution < -0.4 is 20.7 Å². The number of hydrogen-bond acceptors (Lipinski definition) is 4. The molecule has 2 aromatic carbocycles. The number of nitrogens with zero attached hydrogens (tertiary/aromatic N) is 3. The van der Waals surface area contributed by atoms with Gasteiger partial charge >= 0.3 is 0 Å². The summed E-state index contributed by atoms with van der Waals surface area (Å²) in [4.78, 5) is 9.24. The molecule has 0 aromatic heterocycles. The first-order chi connectivity index (χ1) is 13.7. The van der Waals surface area contributed by atoms with Crippen LogP contribution >= 0.6 is 35.6 Å². The van der Waals surface area contributed by atoms with E-state index in [4.69, 9.17) is 22.1 Å². The standard InChI is InChI=1S/C21H28ClN5O.HI/c1-28-20-10-5-3-8-18(20)25-21(23)24-11-6-12-26-13-15-27(16-14-26)19-9-4-2-7-17(19)22;/h2-5,7-10H,6,11-16H2,1H3,(H3,23,24,25);1H. The van der Waals surface area contributed by atoms with E-state index in [1.807, 2.05) is 42.5 Å². The van der Waals surface area contributed by atoms with Crippen LogP contribution in [-0.2, 0) is 0 Å². The van der Waals surface area contributed by atoms with Crippen molar-refractivity contribution in [1.29, 1.82) is 0 Å². The lowest BCUT2D eigenvalue weighted by Crippen LogP contribution is -2.46. The highest BCUT2D eigenvalue weighted by molar-refractivity contribution is 14.0. The molecule has 158 valence electrons.